The van der Waals surface area contributed by atoms with Crippen LogP contribution in [0.15, 0.2) is 223 Å². The average molecular weight is 836 g/mol. The fourth-order valence-corrected chi connectivity index (χ4v) is 14.6. The minimum atomic E-state index is -2.69. The number of anilines is 6. The zero-order chi connectivity index (χ0) is 42.5. The molecule has 13 rings (SSSR count). The van der Waals surface area contributed by atoms with E-state index in [1.165, 1.54) is 70.3 Å². The van der Waals surface area contributed by atoms with Crippen LogP contribution in [0.2, 0.25) is 13.1 Å². The molecule has 0 amide bonds. The summed E-state index contributed by atoms with van der Waals surface area (Å²) in [5.74, 6) is 0. The molecule has 0 unspecified atom stereocenters. The molecule has 12 aromatic rings. The molecule has 2 heterocycles. The molecule has 0 aliphatic carbocycles. The normalized spacial score (nSPS) is 13.5. The Morgan fingerprint density at radius 3 is 1.73 bits per heavy atom. The molecule has 64 heavy (non-hydrogen) atoms. The third kappa shape index (κ3) is 5.46. The van der Waals surface area contributed by atoms with Gasteiger partial charge in [-0.1, -0.05) is 6.07 Å². The molecule has 304 valence electrons. The molecule has 1 aliphatic rings. The van der Waals surface area contributed by atoms with E-state index in [9.17, 15) is 0 Å². The number of rotatable bonds is 6. The molecule has 4 heteroatoms. The number of hydrogen-bond donors (Lipinski definition) is 0. The second kappa shape index (κ2) is 14.0. The van der Waals surface area contributed by atoms with Crippen LogP contribution >= 0.6 is 0 Å². The Morgan fingerprint density at radius 1 is 0.344 bits per heavy atom. The van der Waals surface area contributed by atoms with Crippen molar-refractivity contribution in [2.75, 3.05) is 9.80 Å². The number of hydrogen-bond acceptors (Lipinski definition) is 3. The summed E-state index contributed by atoms with van der Waals surface area (Å²) >= 11 is 0. The van der Waals surface area contributed by atoms with Crippen molar-refractivity contribution in [2.45, 2.75) is 13.1 Å². The van der Waals surface area contributed by atoms with Gasteiger partial charge in [0.15, 0.2) is 0 Å². The van der Waals surface area contributed by atoms with Crippen LogP contribution in [0.1, 0.15) is 0 Å². The SMILES string of the molecule is C[SiH-]1(C)c2cc(N(c3ccccc3)c3cccc4c3oc3ccccc34)ccc2-c2cc3c4ccccc4c(N(c4ccccc4)c4ccc5ccccc5c4)cc3c3cccc1c23. The van der Waals surface area contributed by atoms with E-state index < -0.39 is 8.07 Å². The quantitative estimate of drug-likeness (QED) is 0.123. The van der Waals surface area contributed by atoms with Gasteiger partial charge in [-0.05, 0) is 0 Å². The second-order valence-corrected chi connectivity index (χ2v) is 23.0. The molecule has 0 saturated carbocycles. The van der Waals surface area contributed by atoms with Gasteiger partial charge in [0, 0.05) is 0 Å². The van der Waals surface area contributed by atoms with Gasteiger partial charge in [0.05, 0.1) is 0 Å². The standard InChI is InChI=1S/C60H43N2OSi/c1-64(2)57-30-16-26-49-52-38-55(62(42-21-7-4-8-22-42)43-32-31-39-17-9-10-18-40(39)35-43)46-24-12-11-23-45(46)51(52)37-53(59(49)57)48-34-33-44(36-58(48)64)61(41-19-5-3-6-20-41)54-28-15-27-50-47-25-13-14-29-56(47)63-60(50)54/h3-38,64H,1-2H3/q-1. The van der Waals surface area contributed by atoms with E-state index in [4.69, 9.17) is 4.42 Å². The van der Waals surface area contributed by atoms with Crippen LogP contribution in [-0.4, -0.2) is 8.07 Å². The van der Waals surface area contributed by atoms with Crippen LogP contribution in [0.3, 0.4) is 0 Å². The summed E-state index contributed by atoms with van der Waals surface area (Å²) in [5.41, 5.74) is 11.1. The van der Waals surface area contributed by atoms with Crippen molar-refractivity contribution in [1.82, 2.24) is 0 Å². The van der Waals surface area contributed by atoms with E-state index in [1.807, 2.05) is 6.07 Å². The first-order valence-corrected chi connectivity index (χ1v) is 25.9. The van der Waals surface area contributed by atoms with Crippen LogP contribution in [0.25, 0.3) is 76.2 Å². The number of nitrogens with zero attached hydrogens (tertiary/aromatic N) is 2. The van der Waals surface area contributed by atoms with E-state index in [1.54, 1.807) is 0 Å². The summed E-state index contributed by atoms with van der Waals surface area (Å²) in [6.45, 7) is 5.13. The summed E-state index contributed by atoms with van der Waals surface area (Å²) in [6, 6.07) is 80.2. The molecule has 1 aliphatic heterocycles. The van der Waals surface area contributed by atoms with Crippen molar-refractivity contribution in [2.24, 2.45) is 0 Å². The maximum atomic E-state index is 6.68. The fraction of sp³-hybridized carbons (Fsp3) is 0.0333. The van der Waals surface area contributed by atoms with Gasteiger partial charge in [-0.25, -0.2) is 0 Å². The Labute approximate surface area is 372 Å². The molecule has 0 N–H and O–H groups in total. The molecule has 0 spiro atoms. The van der Waals surface area contributed by atoms with E-state index in [0.717, 1.165) is 50.4 Å². The number of para-hydroxylation sites is 4. The fourth-order valence-electron chi connectivity index (χ4n) is 11.0. The Bertz CT molecular complexity index is 3840. The monoisotopic (exact) mass is 835 g/mol. The van der Waals surface area contributed by atoms with Crippen LogP contribution < -0.4 is 20.2 Å². The van der Waals surface area contributed by atoms with Crippen molar-refractivity contribution in [3.8, 4) is 11.1 Å². The van der Waals surface area contributed by atoms with Crippen LogP contribution in [0, 0.1) is 0 Å². The van der Waals surface area contributed by atoms with Crippen molar-refractivity contribution < 1.29 is 4.42 Å². The summed E-state index contributed by atoms with van der Waals surface area (Å²) in [4.78, 5) is 4.84. The number of fused-ring (bicyclic) bond motifs is 10. The summed E-state index contributed by atoms with van der Waals surface area (Å²) in [5, 5.41) is 15.4. The molecular weight excluding hydrogens is 793 g/mol. The van der Waals surface area contributed by atoms with Gasteiger partial charge < -0.3 is 0 Å². The third-order valence-electron chi connectivity index (χ3n) is 14.0. The van der Waals surface area contributed by atoms with E-state index in [0.29, 0.717) is 0 Å². The zero-order valence-corrected chi connectivity index (χ0v) is 36.8. The molecule has 0 saturated heterocycles. The van der Waals surface area contributed by atoms with E-state index >= 15 is 0 Å². The van der Waals surface area contributed by atoms with E-state index in [-0.39, 0.29) is 0 Å². The molecule has 11 aromatic carbocycles. The van der Waals surface area contributed by atoms with Gasteiger partial charge in [0.1, 0.15) is 0 Å². The van der Waals surface area contributed by atoms with Crippen LogP contribution in [0.4, 0.5) is 34.1 Å². The number of furan rings is 1. The first-order valence-electron chi connectivity index (χ1n) is 22.4. The third-order valence-corrected chi connectivity index (χ3v) is 18.1. The van der Waals surface area contributed by atoms with Gasteiger partial charge in [-0.15, -0.1) is 0 Å². The summed E-state index contributed by atoms with van der Waals surface area (Å²) in [6.07, 6.45) is 0. The van der Waals surface area contributed by atoms with Gasteiger partial charge >= 0.3 is 368 Å². The number of benzene rings is 11. The van der Waals surface area contributed by atoms with Crippen LogP contribution in [-0.2, 0) is 0 Å². The predicted molar refractivity (Wildman–Crippen MR) is 277 cm³/mol. The predicted octanol–water partition coefficient (Wildman–Crippen LogP) is 15.7. The van der Waals surface area contributed by atoms with Crippen molar-refractivity contribution in [3.05, 3.63) is 218 Å². The first-order chi connectivity index (χ1) is 31.5. The summed E-state index contributed by atoms with van der Waals surface area (Å²) < 4.78 is 6.68. The molecule has 0 atom stereocenters. The summed E-state index contributed by atoms with van der Waals surface area (Å²) in [7, 11) is -2.69. The average Bonchev–Trinajstić information content (AvgIpc) is 3.74. The van der Waals surface area contributed by atoms with Gasteiger partial charge in [0.25, 0.3) is 0 Å². The van der Waals surface area contributed by atoms with Crippen LogP contribution in [0.5, 0.6) is 0 Å². The Kier molecular flexibility index (Phi) is 8.06. The topological polar surface area (TPSA) is 19.6 Å². The Morgan fingerprint density at radius 2 is 0.938 bits per heavy atom. The molecular formula is C60H43N2OSi-. The Hall–Kier alpha value is -7.92. The zero-order valence-electron chi connectivity index (χ0n) is 35.7. The van der Waals surface area contributed by atoms with Crippen molar-refractivity contribution >= 4 is 118 Å². The molecule has 0 radical (unpaired) electrons. The molecule has 0 bridgehead atoms. The van der Waals surface area contributed by atoms with Crippen molar-refractivity contribution in [1.29, 1.82) is 0 Å². The molecule has 0 fully saturated rings. The van der Waals surface area contributed by atoms with Crippen molar-refractivity contribution in [3.63, 3.8) is 0 Å². The molecule has 3 nitrogen and oxygen atoms in total. The second-order valence-electron chi connectivity index (χ2n) is 18.0. The maximum absolute atomic E-state index is 6.68. The van der Waals surface area contributed by atoms with Gasteiger partial charge in [0.2, 0.25) is 0 Å². The molecule has 1 aromatic heterocycles. The van der Waals surface area contributed by atoms with Gasteiger partial charge in [-0.3, -0.25) is 0 Å². The Balaban J connectivity index is 1.05. The minimum absolute atomic E-state index is 0.892. The first kappa shape index (κ1) is 36.7. The van der Waals surface area contributed by atoms with E-state index in [2.05, 4.69) is 235 Å². The van der Waals surface area contributed by atoms with Gasteiger partial charge in [-0.2, -0.15) is 0 Å².